The van der Waals surface area contributed by atoms with Crippen LogP contribution in [0.3, 0.4) is 0 Å². The first kappa shape index (κ1) is 26.5. The molecule has 5 rings (SSSR count). The zero-order valence-corrected chi connectivity index (χ0v) is 21.6. The Balaban J connectivity index is 1.49. The summed E-state index contributed by atoms with van der Waals surface area (Å²) in [5.74, 6) is -1.44. The molecule has 0 saturated carbocycles. The van der Waals surface area contributed by atoms with Gasteiger partial charge in [-0.05, 0) is 36.4 Å². The number of primary amides is 1. The van der Waals surface area contributed by atoms with Crippen LogP contribution in [-0.4, -0.2) is 26.6 Å². The van der Waals surface area contributed by atoms with Crippen molar-refractivity contribution in [3.05, 3.63) is 81.2 Å². The van der Waals surface area contributed by atoms with Crippen LogP contribution in [0.2, 0.25) is 10.0 Å². The molecule has 1 aromatic carbocycles. The summed E-state index contributed by atoms with van der Waals surface area (Å²) in [5, 5.41) is 7.30. The second-order valence-corrected chi connectivity index (χ2v) is 9.71. The van der Waals surface area contributed by atoms with E-state index in [-0.39, 0.29) is 60.3 Å². The highest BCUT2D eigenvalue weighted by Crippen LogP contribution is 2.44. The van der Waals surface area contributed by atoms with E-state index in [2.05, 4.69) is 15.4 Å². The first-order valence-electron chi connectivity index (χ1n) is 10.8. The third kappa shape index (κ3) is 5.28. The van der Waals surface area contributed by atoms with Gasteiger partial charge in [0.05, 0.1) is 22.0 Å². The molecule has 4 heterocycles. The zero-order chi connectivity index (χ0) is 27.9. The number of hydrogen-bond acceptors (Lipinski definition) is 7. The Hall–Kier alpha value is -4.07. The number of ether oxygens (including phenoxy) is 1. The first-order valence-corrected chi connectivity index (χ1v) is 12.4. The smallest absolute Gasteiger partial charge is 0.433 e. The fourth-order valence-electron chi connectivity index (χ4n) is 3.65. The Kier molecular flexibility index (Phi) is 6.97. The van der Waals surface area contributed by atoms with Gasteiger partial charge in [0.25, 0.3) is 11.8 Å². The molecule has 0 aliphatic carbocycles. The van der Waals surface area contributed by atoms with E-state index in [4.69, 9.17) is 38.1 Å². The SMILES string of the molecule is NC(=O)c1sc2nc(C(F)(F)F)cc(-c3ccco3)c2c1NC(=O)c1ccn(COc2c(Cl)cccc2Cl)n1. The predicted octanol–water partition coefficient (Wildman–Crippen LogP) is 6.47. The molecule has 0 unspecified atom stereocenters. The molecule has 0 bridgehead atoms. The number of benzene rings is 1. The minimum Gasteiger partial charge on any atom is -0.468 e. The van der Waals surface area contributed by atoms with Gasteiger partial charge in [0.15, 0.2) is 18.2 Å². The molecular formula is C24H14Cl2F3N5O4S. The summed E-state index contributed by atoms with van der Waals surface area (Å²) in [6.45, 7) is -0.141. The highest BCUT2D eigenvalue weighted by atomic mass is 35.5. The van der Waals surface area contributed by atoms with Crippen molar-refractivity contribution in [3.63, 3.8) is 0 Å². The number of thiophene rings is 1. The third-order valence-corrected chi connectivity index (χ3v) is 7.03. The van der Waals surface area contributed by atoms with Crippen LogP contribution in [0.5, 0.6) is 5.75 Å². The molecule has 2 amide bonds. The van der Waals surface area contributed by atoms with Crippen molar-refractivity contribution >= 4 is 62.3 Å². The molecule has 0 aliphatic heterocycles. The van der Waals surface area contributed by atoms with Crippen LogP contribution in [0.15, 0.2) is 59.3 Å². The maximum Gasteiger partial charge on any atom is 0.433 e. The molecule has 0 aliphatic rings. The zero-order valence-electron chi connectivity index (χ0n) is 19.3. The Bertz CT molecular complexity index is 1700. The van der Waals surface area contributed by atoms with Gasteiger partial charge in [-0.15, -0.1) is 11.3 Å². The van der Waals surface area contributed by atoms with Crippen LogP contribution < -0.4 is 15.8 Å². The number of amides is 2. The van der Waals surface area contributed by atoms with Gasteiger partial charge in [-0.1, -0.05) is 29.3 Å². The van der Waals surface area contributed by atoms with Gasteiger partial charge >= 0.3 is 6.18 Å². The number of carbonyl (C=O) groups is 2. The molecular weight excluding hydrogens is 582 g/mol. The quantitative estimate of drug-likeness (QED) is 0.222. The molecule has 15 heteroatoms. The van der Waals surface area contributed by atoms with Crippen molar-refractivity contribution in [2.24, 2.45) is 5.73 Å². The summed E-state index contributed by atoms with van der Waals surface area (Å²) in [6, 6.07) is 9.91. The number of nitrogens with zero attached hydrogens (tertiary/aromatic N) is 3. The monoisotopic (exact) mass is 595 g/mol. The molecule has 3 N–H and O–H groups in total. The molecule has 9 nitrogen and oxygen atoms in total. The lowest BCUT2D eigenvalue weighted by atomic mass is 10.1. The number of halogens is 5. The number of nitrogens with two attached hydrogens (primary N) is 1. The van der Waals surface area contributed by atoms with Gasteiger partial charge in [-0.25, -0.2) is 9.67 Å². The fraction of sp³-hybridized carbons (Fsp3) is 0.0833. The topological polar surface area (TPSA) is 125 Å². The molecule has 0 spiro atoms. The van der Waals surface area contributed by atoms with Gasteiger partial charge in [0.2, 0.25) is 0 Å². The van der Waals surface area contributed by atoms with E-state index < -0.39 is 23.7 Å². The lowest BCUT2D eigenvalue weighted by Crippen LogP contribution is -2.18. The highest BCUT2D eigenvalue weighted by molar-refractivity contribution is 7.21. The van der Waals surface area contributed by atoms with Crippen molar-refractivity contribution in [3.8, 4) is 17.1 Å². The summed E-state index contributed by atoms with van der Waals surface area (Å²) in [6.07, 6.45) is -2.05. The van der Waals surface area contributed by atoms with E-state index in [0.29, 0.717) is 11.3 Å². The molecule has 39 heavy (non-hydrogen) atoms. The highest BCUT2D eigenvalue weighted by Gasteiger charge is 2.35. The maximum absolute atomic E-state index is 13.6. The molecule has 5 aromatic rings. The van der Waals surface area contributed by atoms with E-state index in [1.165, 1.54) is 35.3 Å². The van der Waals surface area contributed by atoms with E-state index in [9.17, 15) is 22.8 Å². The molecule has 0 fully saturated rings. The largest absolute Gasteiger partial charge is 0.468 e. The molecule has 0 radical (unpaired) electrons. The number of pyridine rings is 1. The van der Waals surface area contributed by atoms with Crippen molar-refractivity contribution in [2.45, 2.75) is 12.9 Å². The Morgan fingerprint density at radius 2 is 1.90 bits per heavy atom. The van der Waals surface area contributed by atoms with E-state index in [0.717, 1.165) is 6.07 Å². The summed E-state index contributed by atoms with van der Waals surface area (Å²) in [4.78, 5) is 28.6. The normalized spacial score (nSPS) is 11.6. The number of para-hydroxylation sites is 1. The number of anilines is 1. The second-order valence-electron chi connectivity index (χ2n) is 7.90. The summed E-state index contributed by atoms with van der Waals surface area (Å²) in [7, 11) is 0. The number of nitrogens with one attached hydrogen (secondary N) is 1. The number of fused-ring (bicyclic) bond motifs is 1. The fourth-order valence-corrected chi connectivity index (χ4v) is 5.16. The Morgan fingerprint density at radius 1 is 1.15 bits per heavy atom. The number of aromatic nitrogens is 3. The van der Waals surface area contributed by atoms with E-state index in [1.54, 1.807) is 18.2 Å². The number of alkyl halides is 3. The standard InChI is InChI=1S/C24H14Cl2F3N5O4S/c25-12-3-1-4-13(26)19(12)38-10-34-7-6-14(33-34)22(36)32-18-17-11(15-5-2-8-37-15)9-16(24(27,28)29)31-23(17)39-20(18)21(30)35/h1-9H,10H2,(H2,30,35)(H,32,36). The third-order valence-electron chi connectivity index (χ3n) is 5.33. The van der Waals surface area contributed by atoms with Crippen LogP contribution >= 0.6 is 34.5 Å². The van der Waals surface area contributed by atoms with Gasteiger partial charge in [0.1, 0.15) is 21.2 Å². The Labute approximate surface area is 230 Å². The van der Waals surface area contributed by atoms with Crippen LogP contribution in [-0.2, 0) is 12.9 Å². The maximum atomic E-state index is 13.6. The van der Waals surface area contributed by atoms with Crippen LogP contribution in [0.1, 0.15) is 25.9 Å². The van der Waals surface area contributed by atoms with Crippen molar-refractivity contribution in [2.75, 3.05) is 5.32 Å². The van der Waals surface area contributed by atoms with E-state index >= 15 is 0 Å². The Morgan fingerprint density at radius 3 is 2.54 bits per heavy atom. The average Bonchev–Trinajstić information content (AvgIpc) is 3.63. The van der Waals surface area contributed by atoms with Crippen molar-refractivity contribution in [1.29, 1.82) is 0 Å². The van der Waals surface area contributed by atoms with Gasteiger partial charge < -0.3 is 20.2 Å². The van der Waals surface area contributed by atoms with Crippen LogP contribution in [0, 0.1) is 0 Å². The average molecular weight is 596 g/mol. The number of rotatable bonds is 7. The summed E-state index contributed by atoms with van der Waals surface area (Å²) < 4.78 is 52.9. The second kappa shape index (κ2) is 10.2. The van der Waals surface area contributed by atoms with Crippen LogP contribution in [0.4, 0.5) is 18.9 Å². The van der Waals surface area contributed by atoms with Crippen molar-refractivity contribution < 1.29 is 31.9 Å². The van der Waals surface area contributed by atoms with Crippen LogP contribution in [0.25, 0.3) is 21.5 Å². The summed E-state index contributed by atoms with van der Waals surface area (Å²) >= 11 is 12.8. The van der Waals surface area contributed by atoms with Gasteiger partial charge in [-0.3, -0.25) is 9.59 Å². The van der Waals surface area contributed by atoms with Gasteiger partial charge in [0, 0.05) is 17.1 Å². The lowest BCUT2D eigenvalue weighted by Gasteiger charge is -2.11. The van der Waals surface area contributed by atoms with Crippen molar-refractivity contribution in [1.82, 2.24) is 14.8 Å². The molecule has 4 aromatic heterocycles. The predicted molar refractivity (Wildman–Crippen MR) is 138 cm³/mol. The number of hydrogen-bond donors (Lipinski definition) is 2. The minimum atomic E-state index is -4.78. The lowest BCUT2D eigenvalue weighted by molar-refractivity contribution is -0.140. The summed E-state index contributed by atoms with van der Waals surface area (Å²) in [5.41, 5.74) is 4.06. The molecule has 200 valence electrons. The van der Waals surface area contributed by atoms with E-state index in [1.807, 2.05) is 0 Å². The molecule has 0 saturated heterocycles. The number of carbonyl (C=O) groups excluding carboxylic acids is 2. The molecule has 0 atom stereocenters. The first-order chi connectivity index (χ1) is 18.5. The van der Waals surface area contributed by atoms with Gasteiger partial charge in [-0.2, -0.15) is 18.3 Å². The number of furan rings is 1. The minimum absolute atomic E-state index is 0.0353.